The fraction of sp³-hybridized carbons (Fsp3) is 0.500. The zero-order chi connectivity index (χ0) is 13.5. The molecule has 4 heteroatoms. The molecule has 4 nitrogen and oxygen atoms in total. The molecule has 1 aromatic rings. The summed E-state index contributed by atoms with van der Waals surface area (Å²) >= 11 is 0. The minimum absolute atomic E-state index is 0.200. The Labute approximate surface area is 108 Å². The van der Waals surface area contributed by atoms with Crippen molar-refractivity contribution in [2.75, 3.05) is 20.8 Å². The van der Waals surface area contributed by atoms with E-state index in [0.717, 1.165) is 29.2 Å². The van der Waals surface area contributed by atoms with Crippen molar-refractivity contribution in [2.24, 2.45) is 0 Å². The standard InChI is InChI=1S/C14H21NO3/c1-10-7-13(17-3)14(18-4)8-12(10)9-15-6-5-11(2)16/h7-8,15H,5-6,9H2,1-4H3. The third-order valence-corrected chi connectivity index (χ3v) is 2.81. The molecule has 0 aliphatic carbocycles. The average Bonchev–Trinajstić information content (AvgIpc) is 2.35. The molecule has 1 rings (SSSR count). The van der Waals surface area contributed by atoms with Gasteiger partial charge in [0.1, 0.15) is 5.78 Å². The van der Waals surface area contributed by atoms with Gasteiger partial charge in [-0.25, -0.2) is 0 Å². The Bertz CT molecular complexity index is 416. The van der Waals surface area contributed by atoms with Crippen LogP contribution in [0.15, 0.2) is 12.1 Å². The lowest BCUT2D eigenvalue weighted by Gasteiger charge is -2.13. The number of carbonyl (C=O) groups excluding carboxylic acids is 1. The number of hydrogen-bond donors (Lipinski definition) is 1. The molecule has 0 spiro atoms. The number of aryl methyl sites for hydroxylation is 1. The minimum Gasteiger partial charge on any atom is -0.493 e. The van der Waals surface area contributed by atoms with Crippen molar-refractivity contribution in [3.63, 3.8) is 0 Å². The first-order valence-electron chi connectivity index (χ1n) is 6.00. The van der Waals surface area contributed by atoms with E-state index in [-0.39, 0.29) is 5.78 Å². The molecule has 0 aliphatic rings. The summed E-state index contributed by atoms with van der Waals surface area (Å²) in [6.07, 6.45) is 0.562. The molecule has 0 unspecified atom stereocenters. The number of methoxy groups -OCH3 is 2. The van der Waals surface area contributed by atoms with Gasteiger partial charge in [-0.2, -0.15) is 0 Å². The van der Waals surface area contributed by atoms with Gasteiger partial charge in [0.25, 0.3) is 0 Å². The monoisotopic (exact) mass is 251 g/mol. The van der Waals surface area contributed by atoms with E-state index >= 15 is 0 Å². The molecule has 0 aromatic heterocycles. The zero-order valence-corrected chi connectivity index (χ0v) is 11.5. The Hall–Kier alpha value is -1.55. The first-order valence-corrected chi connectivity index (χ1v) is 6.00. The van der Waals surface area contributed by atoms with Gasteiger partial charge in [0.2, 0.25) is 0 Å². The van der Waals surface area contributed by atoms with Crippen LogP contribution in [0.1, 0.15) is 24.5 Å². The molecule has 0 saturated heterocycles. The van der Waals surface area contributed by atoms with E-state index in [1.165, 1.54) is 0 Å². The van der Waals surface area contributed by atoms with Crippen LogP contribution in [0.25, 0.3) is 0 Å². The highest BCUT2D eigenvalue weighted by atomic mass is 16.5. The molecule has 0 aliphatic heterocycles. The van der Waals surface area contributed by atoms with Crippen LogP contribution in [0.5, 0.6) is 11.5 Å². The van der Waals surface area contributed by atoms with E-state index < -0.39 is 0 Å². The second-order valence-corrected chi connectivity index (χ2v) is 4.26. The summed E-state index contributed by atoms with van der Waals surface area (Å²) in [7, 11) is 3.25. The first kappa shape index (κ1) is 14.5. The van der Waals surface area contributed by atoms with Gasteiger partial charge in [0, 0.05) is 19.5 Å². The van der Waals surface area contributed by atoms with Crippen molar-refractivity contribution < 1.29 is 14.3 Å². The first-order chi connectivity index (χ1) is 8.58. The molecule has 1 N–H and O–H groups in total. The second-order valence-electron chi connectivity index (χ2n) is 4.26. The largest absolute Gasteiger partial charge is 0.493 e. The molecular formula is C14H21NO3. The van der Waals surface area contributed by atoms with Gasteiger partial charge < -0.3 is 14.8 Å². The van der Waals surface area contributed by atoms with Crippen LogP contribution in [0.4, 0.5) is 0 Å². The van der Waals surface area contributed by atoms with Gasteiger partial charge in [0.05, 0.1) is 14.2 Å². The van der Waals surface area contributed by atoms with Crippen molar-refractivity contribution in [2.45, 2.75) is 26.8 Å². The van der Waals surface area contributed by atoms with Crippen LogP contribution >= 0.6 is 0 Å². The van der Waals surface area contributed by atoms with Crippen LogP contribution in [-0.4, -0.2) is 26.5 Å². The van der Waals surface area contributed by atoms with E-state index in [2.05, 4.69) is 5.32 Å². The number of benzene rings is 1. The number of hydrogen-bond acceptors (Lipinski definition) is 4. The summed E-state index contributed by atoms with van der Waals surface area (Å²) in [6, 6.07) is 3.93. The van der Waals surface area contributed by atoms with Crippen molar-refractivity contribution in [1.29, 1.82) is 0 Å². The summed E-state index contributed by atoms with van der Waals surface area (Å²) < 4.78 is 10.5. The quantitative estimate of drug-likeness (QED) is 0.754. The van der Waals surface area contributed by atoms with Crippen molar-refractivity contribution >= 4 is 5.78 Å². The number of nitrogens with one attached hydrogen (secondary N) is 1. The third kappa shape index (κ3) is 4.04. The summed E-state index contributed by atoms with van der Waals surface area (Å²) in [4.78, 5) is 10.8. The summed E-state index contributed by atoms with van der Waals surface area (Å²) in [5.41, 5.74) is 2.29. The van der Waals surface area contributed by atoms with E-state index in [0.29, 0.717) is 13.0 Å². The molecule has 0 heterocycles. The van der Waals surface area contributed by atoms with E-state index in [9.17, 15) is 4.79 Å². The highest BCUT2D eigenvalue weighted by molar-refractivity contribution is 5.75. The SMILES string of the molecule is COc1cc(C)c(CNCCC(C)=O)cc1OC. The maximum atomic E-state index is 10.8. The van der Waals surface area contributed by atoms with E-state index in [4.69, 9.17) is 9.47 Å². The normalized spacial score (nSPS) is 10.2. The van der Waals surface area contributed by atoms with Crippen molar-refractivity contribution in [3.05, 3.63) is 23.3 Å². The second kappa shape index (κ2) is 7.01. The number of carbonyl (C=O) groups is 1. The summed E-state index contributed by atoms with van der Waals surface area (Å²) in [6.45, 7) is 5.05. The lowest BCUT2D eigenvalue weighted by atomic mass is 10.1. The maximum absolute atomic E-state index is 10.8. The lowest BCUT2D eigenvalue weighted by molar-refractivity contribution is -0.116. The molecule has 0 atom stereocenters. The Kier molecular flexibility index (Phi) is 5.65. The van der Waals surface area contributed by atoms with Crippen molar-refractivity contribution in [1.82, 2.24) is 5.32 Å². The fourth-order valence-electron chi connectivity index (χ4n) is 1.70. The summed E-state index contributed by atoms with van der Waals surface area (Å²) in [5, 5.41) is 3.25. The van der Waals surface area contributed by atoms with E-state index in [1.54, 1.807) is 21.1 Å². The molecule has 18 heavy (non-hydrogen) atoms. The Morgan fingerprint density at radius 1 is 1.22 bits per heavy atom. The molecule has 0 radical (unpaired) electrons. The molecule has 0 saturated carbocycles. The van der Waals surface area contributed by atoms with Crippen LogP contribution in [0.3, 0.4) is 0 Å². The average molecular weight is 251 g/mol. The molecule has 0 amide bonds. The highest BCUT2D eigenvalue weighted by Gasteiger charge is 2.08. The molecular weight excluding hydrogens is 230 g/mol. The van der Waals surface area contributed by atoms with Gasteiger partial charge in [-0.05, 0) is 37.1 Å². The maximum Gasteiger partial charge on any atom is 0.161 e. The van der Waals surface area contributed by atoms with Gasteiger partial charge in [-0.1, -0.05) is 0 Å². The molecule has 100 valence electrons. The molecule has 0 bridgehead atoms. The summed E-state index contributed by atoms with van der Waals surface area (Å²) in [5.74, 6) is 1.67. The van der Waals surface area contributed by atoms with Gasteiger partial charge in [-0.15, -0.1) is 0 Å². The van der Waals surface area contributed by atoms with Crippen LogP contribution in [-0.2, 0) is 11.3 Å². The Morgan fingerprint density at radius 3 is 2.39 bits per heavy atom. The van der Waals surface area contributed by atoms with Gasteiger partial charge >= 0.3 is 0 Å². The van der Waals surface area contributed by atoms with Crippen LogP contribution in [0, 0.1) is 6.92 Å². The van der Waals surface area contributed by atoms with Gasteiger partial charge in [0.15, 0.2) is 11.5 Å². The number of Topliss-reactive ketones (excluding diaryl/α,β-unsaturated/α-hetero) is 1. The minimum atomic E-state index is 0.200. The van der Waals surface area contributed by atoms with E-state index in [1.807, 2.05) is 19.1 Å². The third-order valence-electron chi connectivity index (χ3n) is 2.81. The predicted molar refractivity (Wildman–Crippen MR) is 71.3 cm³/mol. The molecule has 1 aromatic carbocycles. The highest BCUT2D eigenvalue weighted by Crippen LogP contribution is 2.30. The Balaban J connectivity index is 2.68. The topological polar surface area (TPSA) is 47.6 Å². The smallest absolute Gasteiger partial charge is 0.161 e. The predicted octanol–water partition coefficient (Wildman–Crippen LogP) is 2.08. The van der Waals surface area contributed by atoms with Crippen LogP contribution in [0.2, 0.25) is 0 Å². The zero-order valence-electron chi connectivity index (χ0n) is 11.5. The fourth-order valence-corrected chi connectivity index (χ4v) is 1.70. The lowest BCUT2D eigenvalue weighted by Crippen LogP contribution is -2.17. The Morgan fingerprint density at radius 2 is 1.83 bits per heavy atom. The van der Waals surface area contributed by atoms with Gasteiger partial charge in [-0.3, -0.25) is 4.79 Å². The van der Waals surface area contributed by atoms with Crippen LogP contribution < -0.4 is 14.8 Å². The number of ketones is 1. The molecule has 0 fully saturated rings. The number of ether oxygens (including phenoxy) is 2. The van der Waals surface area contributed by atoms with Crippen molar-refractivity contribution in [3.8, 4) is 11.5 Å². The number of rotatable bonds is 7.